The summed E-state index contributed by atoms with van der Waals surface area (Å²) in [6.07, 6.45) is 0. The normalized spacial score (nSPS) is 11.2. The summed E-state index contributed by atoms with van der Waals surface area (Å²) in [6.45, 7) is 4.97. The van der Waals surface area contributed by atoms with E-state index < -0.39 is 11.4 Å². The zero-order valence-corrected chi connectivity index (χ0v) is 12.1. The summed E-state index contributed by atoms with van der Waals surface area (Å²) in [7, 11) is 0. The number of hydrogen-bond donors (Lipinski definition) is 0. The van der Waals surface area contributed by atoms with Crippen LogP contribution in [0.3, 0.4) is 0 Å². The Morgan fingerprint density at radius 2 is 1.95 bits per heavy atom. The van der Waals surface area contributed by atoms with Crippen molar-refractivity contribution in [2.75, 3.05) is 12.4 Å². The number of benzene rings is 1. The topological polar surface area (TPSA) is 43.4 Å². The standard InChI is InChI=1S/C14H17FO3S/c1-4-18-13(17)14(2,3)12(16)9-19-11-8-6-5-7-10(11)15/h5-8H,4,9H2,1-3H3. The molecule has 0 saturated carbocycles. The largest absolute Gasteiger partial charge is 0.465 e. The molecule has 0 unspecified atom stereocenters. The summed E-state index contributed by atoms with van der Waals surface area (Å²) in [6, 6.07) is 6.23. The van der Waals surface area contributed by atoms with Crippen LogP contribution in [0.15, 0.2) is 29.2 Å². The molecule has 0 aliphatic rings. The first-order chi connectivity index (χ1) is 8.89. The van der Waals surface area contributed by atoms with Crippen LogP contribution in [0.25, 0.3) is 0 Å². The molecule has 0 fully saturated rings. The molecule has 0 bridgehead atoms. The predicted octanol–water partition coefficient (Wildman–Crippen LogP) is 3.08. The number of hydrogen-bond acceptors (Lipinski definition) is 4. The second-order valence-corrected chi connectivity index (χ2v) is 5.50. The third-order valence-electron chi connectivity index (χ3n) is 2.68. The zero-order chi connectivity index (χ0) is 14.5. The number of ether oxygens (including phenoxy) is 1. The van der Waals surface area contributed by atoms with E-state index in [-0.39, 0.29) is 24.0 Å². The molecular formula is C14H17FO3S. The zero-order valence-electron chi connectivity index (χ0n) is 11.2. The molecule has 0 atom stereocenters. The lowest BCUT2D eigenvalue weighted by Gasteiger charge is -2.20. The van der Waals surface area contributed by atoms with Crippen LogP contribution in [0.1, 0.15) is 20.8 Å². The summed E-state index contributed by atoms with van der Waals surface area (Å²) >= 11 is 1.09. The first-order valence-electron chi connectivity index (χ1n) is 5.97. The number of thioether (sulfide) groups is 1. The smallest absolute Gasteiger partial charge is 0.319 e. The van der Waals surface area contributed by atoms with E-state index in [1.165, 1.54) is 19.9 Å². The molecule has 1 rings (SSSR count). The van der Waals surface area contributed by atoms with Crippen LogP contribution in [0, 0.1) is 11.2 Å². The highest BCUT2D eigenvalue weighted by Crippen LogP contribution is 2.26. The van der Waals surface area contributed by atoms with Crippen LogP contribution in [-0.2, 0) is 14.3 Å². The van der Waals surface area contributed by atoms with Crippen molar-refractivity contribution in [3.05, 3.63) is 30.1 Å². The number of carbonyl (C=O) groups is 2. The van der Waals surface area contributed by atoms with Crippen LogP contribution in [0.4, 0.5) is 4.39 Å². The average Bonchev–Trinajstić information content (AvgIpc) is 2.37. The molecule has 5 heteroatoms. The number of halogens is 1. The molecule has 1 aromatic rings. The van der Waals surface area contributed by atoms with Gasteiger partial charge in [-0.15, -0.1) is 11.8 Å². The van der Waals surface area contributed by atoms with Gasteiger partial charge in [-0.25, -0.2) is 4.39 Å². The van der Waals surface area contributed by atoms with Crippen molar-refractivity contribution >= 4 is 23.5 Å². The molecule has 1 aromatic carbocycles. The van der Waals surface area contributed by atoms with E-state index in [0.717, 1.165) is 11.8 Å². The molecule has 0 aromatic heterocycles. The highest BCUT2D eigenvalue weighted by molar-refractivity contribution is 8.00. The van der Waals surface area contributed by atoms with Crippen molar-refractivity contribution in [1.82, 2.24) is 0 Å². The van der Waals surface area contributed by atoms with Gasteiger partial charge in [-0.2, -0.15) is 0 Å². The Morgan fingerprint density at radius 1 is 1.32 bits per heavy atom. The van der Waals surface area contributed by atoms with Gasteiger partial charge >= 0.3 is 5.97 Å². The van der Waals surface area contributed by atoms with Gasteiger partial charge in [-0.3, -0.25) is 9.59 Å². The Kier molecular flexibility index (Phi) is 5.54. The number of rotatable bonds is 6. The Labute approximate surface area is 116 Å². The van der Waals surface area contributed by atoms with Crippen molar-refractivity contribution in [2.24, 2.45) is 5.41 Å². The monoisotopic (exact) mass is 284 g/mol. The second-order valence-electron chi connectivity index (χ2n) is 4.49. The molecule has 0 amide bonds. The molecule has 0 radical (unpaired) electrons. The summed E-state index contributed by atoms with van der Waals surface area (Å²) in [5.74, 6) is -1.16. The van der Waals surface area contributed by atoms with Crippen molar-refractivity contribution in [3.8, 4) is 0 Å². The minimum absolute atomic E-state index is 0.0345. The van der Waals surface area contributed by atoms with E-state index in [4.69, 9.17) is 4.74 Å². The molecular weight excluding hydrogens is 267 g/mol. The summed E-state index contributed by atoms with van der Waals surface area (Å²) in [5.41, 5.74) is -1.20. The van der Waals surface area contributed by atoms with Crippen molar-refractivity contribution in [1.29, 1.82) is 0 Å². The van der Waals surface area contributed by atoms with Gasteiger partial charge in [0.1, 0.15) is 11.2 Å². The maximum Gasteiger partial charge on any atom is 0.319 e. The third kappa shape index (κ3) is 4.06. The molecule has 104 valence electrons. The van der Waals surface area contributed by atoms with Gasteiger partial charge < -0.3 is 4.74 Å². The van der Waals surface area contributed by atoms with E-state index in [2.05, 4.69) is 0 Å². The van der Waals surface area contributed by atoms with Gasteiger partial charge in [-0.05, 0) is 32.9 Å². The van der Waals surface area contributed by atoms with E-state index in [1.54, 1.807) is 25.1 Å². The van der Waals surface area contributed by atoms with Gasteiger partial charge in [0.15, 0.2) is 5.78 Å². The maximum absolute atomic E-state index is 13.4. The lowest BCUT2D eigenvalue weighted by molar-refractivity contribution is -0.157. The molecule has 0 aliphatic heterocycles. The third-order valence-corrected chi connectivity index (χ3v) is 3.73. The fourth-order valence-corrected chi connectivity index (χ4v) is 2.34. The van der Waals surface area contributed by atoms with Crippen LogP contribution in [0.2, 0.25) is 0 Å². The fraction of sp³-hybridized carbons (Fsp3) is 0.429. The summed E-state index contributed by atoms with van der Waals surface area (Å²) in [4.78, 5) is 24.1. The van der Waals surface area contributed by atoms with E-state index in [0.29, 0.717) is 4.90 Å². The second kappa shape index (κ2) is 6.70. The Morgan fingerprint density at radius 3 is 2.53 bits per heavy atom. The van der Waals surface area contributed by atoms with Crippen molar-refractivity contribution in [3.63, 3.8) is 0 Å². The number of esters is 1. The molecule has 0 heterocycles. The minimum atomic E-state index is -1.20. The Balaban J connectivity index is 2.65. The number of carbonyl (C=O) groups excluding carboxylic acids is 2. The first kappa shape index (κ1) is 15.7. The Hall–Kier alpha value is -1.36. The van der Waals surface area contributed by atoms with Crippen LogP contribution in [-0.4, -0.2) is 24.1 Å². The van der Waals surface area contributed by atoms with Crippen molar-refractivity contribution in [2.45, 2.75) is 25.7 Å². The molecule has 0 aliphatic carbocycles. The van der Waals surface area contributed by atoms with E-state index in [1.807, 2.05) is 0 Å². The molecule has 0 N–H and O–H groups in total. The maximum atomic E-state index is 13.4. The number of Topliss-reactive ketones (excluding diaryl/α,β-unsaturated/α-hetero) is 1. The van der Waals surface area contributed by atoms with Crippen molar-refractivity contribution < 1.29 is 18.7 Å². The van der Waals surface area contributed by atoms with Crippen LogP contribution < -0.4 is 0 Å². The van der Waals surface area contributed by atoms with Crippen LogP contribution >= 0.6 is 11.8 Å². The SMILES string of the molecule is CCOC(=O)C(C)(C)C(=O)CSc1ccccc1F. The molecule has 0 spiro atoms. The van der Waals surface area contributed by atoms with Gasteiger partial charge in [0, 0.05) is 4.90 Å². The fourth-order valence-electron chi connectivity index (χ4n) is 1.31. The predicted molar refractivity (Wildman–Crippen MR) is 72.5 cm³/mol. The van der Waals surface area contributed by atoms with Gasteiger partial charge in [0.25, 0.3) is 0 Å². The molecule has 3 nitrogen and oxygen atoms in total. The highest BCUT2D eigenvalue weighted by Gasteiger charge is 2.36. The van der Waals surface area contributed by atoms with E-state index >= 15 is 0 Å². The summed E-state index contributed by atoms with van der Waals surface area (Å²) < 4.78 is 18.3. The lowest BCUT2D eigenvalue weighted by Crippen LogP contribution is -2.36. The quantitative estimate of drug-likeness (QED) is 0.457. The molecule has 19 heavy (non-hydrogen) atoms. The van der Waals surface area contributed by atoms with Gasteiger partial charge in [0.2, 0.25) is 0 Å². The number of ketones is 1. The lowest BCUT2D eigenvalue weighted by atomic mass is 9.89. The van der Waals surface area contributed by atoms with E-state index in [9.17, 15) is 14.0 Å². The van der Waals surface area contributed by atoms with Crippen LogP contribution in [0.5, 0.6) is 0 Å². The van der Waals surface area contributed by atoms with Gasteiger partial charge in [0.05, 0.1) is 12.4 Å². The summed E-state index contributed by atoms with van der Waals surface area (Å²) in [5, 5.41) is 0. The van der Waals surface area contributed by atoms with Gasteiger partial charge in [-0.1, -0.05) is 12.1 Å². The molecule has 0 saturated heterocycles. The highest BCUT2D eigenvalue weighted by atomic mass is 32.2. The Bertz CT molecular complexity index is 472. The minimum Gasteiger partial charge on any atom is -0.465 e. The average molecular weight is 284 g/mol. The first-order valence-corrected chi connectivity index (χ1v) is 6.96.